The monoisotopic (exact) mass is 409 g/mol. The van der Waals surface area contributed by atoms with Crippen LogP contribution in [0.4, 0.5) is 10.5 Å². The summed E-state index contributed by atoms with van der Waals surface area (Å²) in [6.07, 6.45) is -0.775. The number of nitro groups is 1. The van der Waals surface area contributed by atoms with Crippen molar-refractivity contribution in [2.75, 3.05) is 13.7 Å². The van der Waals surface area contributed by atoms with Crippen molar-refractivity contribution in [3.63, 3.8) is 0 Å². The number of carbonyl (C=O) groups excluding carboxylic acids is 3. The molecule has 0 bridgehead atoms. The van der Waals surface area contributed by atoms with Crippen molar-refractivity contribution in [3.8, 4) is 0 Å². The lowest BCUT2D eigenvalue weighted by atomic mass is 10.1. The highest BCUT2D eigenvalue weighted by Gasteiger charge is 2.24. The van der Waals surface area contributed by atoms with Crippen LogP contribution in [0.5, 0.6) is 0 Å². The summed E-state index contributed by atoms with van der Waals surface area (Å²) in [5.41, 5.74) is -0.136. The van der Waals surface area contributed by atoms with Crippen molar-refractivity contribution < 1.29 is 28.8 Å². The van der Waals surface area contributed by atoms with Crippen LogP contribution in [0.15, 0.2) is 24.3 Å². The molecule has 0 saturated heterocycles. The quantitative estimate of drug-likeness (QED) is 0.396. The summed E-state index contributed by atoms with van der Waals surface area (Å²) >= 11 is 0. The first-order valence-corrected chi connectivity index (χ1v) is 8.99. The first kappa shape index (κ1) is 23.9. The summed E-state index contributed by atoms with van der Waals surface area (Å²) in [5, 5.41) is 13.2. The molecule has 1 N–H and O–H groups in total. The van der Waals surface area contributed by atoms with Crippen LogP contribution in [0.25, 0.3) is 0 Å². The molecule has 10 heteroatoms. The van der Waals surface area contributed by atoms with Gasteiger partial charge in [-0.25, -0.2) is 4.79 Å². The minimum atomic E-state index is -0.734. The third-order valence-corrected chi connectivity index (χ3v) is 3.83. The Morgan fingerprint density at radius 3 is 2.28 bits per heavy atom. The molecule has 0 heterocycles. The first-order chi connectivity index (χ1) is 13.4. The molecule has 0 spiro atoms. The molecule has 1 rings (SSSR count). The molecule has 0 unspecified atom stereocenters. The van der Waals surface area contributed by atoms with Crippen molar-refractivity contribution in [1.29, 1.82) is 0 Å². The van der Waals surface area contributed by atoms with Crippen LogP contribution in [0.3, 0.4) is 0 Å². The number of alkyl carbamates (subject to hydrolysis) is 1. The average molecular weight is 409 g/mol. The summed E-state index contributed by atoms with van der Waals surface area (Å²) in [6, 6.07) is 5.21. The smallest absolute Gasteiger partial charge is 0.408 e. The van der Waals surface area contributed by atoms with E-state index in [1.807, 2.05) is 0 Å². The number of nitrogens with one attached hydrogen (secondary N) is 1. The van der Waals surface area contributed by atoms with Gasteiger partial charge in [-0.15, -0.1) is 0 Å². The van der Waals surface area contributed by atoms with E-state index in [-0.39, 0.29) is 25.2 Å². The third kappa shape index (κ3) is 8.58. The Kier molecular flexibility index (Phi) is 8.56. The maximum Gasteiger partial charge on any atom is 0.408 e. The Hall–Kier alpha value is -3.17. The molecule has 1 aromatic rings. The Morgan fingerprint density at radius 1 is 1.21 bits per heavy atom. The third-order valence-electron chi connectivity index (χ3n) is 3.83. The second-order valence-electron chi connectivity index (χ2n) is 7.43. The van der Waals surface area contributed by atoms with E-state index in [0.717, 1.165) is 0 Å². The van der Waals surface area contributed by atoms with E-state index in [0.29, 0.717) is 5.56 Å². The fourth-order valence-corrected chi connectivity index (χ4v) is 2.41. The Labute approximate surface area is 169 Å². The number of benzene rings is 1. The van der Waals surface area contributed by atoms with Crippen LogP contribution in [0.1, 0.15) is 39.7 Å². The van der Waals surface area contributed by atoms with Gasteiger partial charge in [0.2, 0.25) is 5.91 Å². The molecule has 10 nitrogen and oxygen atoms in total. The molecule has 0 fully saturated rings. The van der Waals surface area contributed by atoms with Crippen molar-refractivity contribution in [2.24, 2.45) is 0 Å². The number of nitro benzene ring substituents is 1. The molecule has 0 radical (unpaired) electrons. The molecule has 1 atom stereocenters. The fraction of sp³-hybridized carbons (Fsp3) is 0.526. The maximum absolute atomic E-state index is 12.7. The summed E-state index contributed by atoms with van der Waals surface area (Å²) < 4.78 is 9.76. The predicted molar refractivity (Wildman–Crippen MR) is 104 cm³/mol. The van der Waals surface area contributed by atoms with E-state index in [4.69, 9.17) is 4.74 Å². The van der Waals surface area contributed by atoms with Gasteiger partial charge in [0.05, 0.1) is 18.5 Å². The minimum Gasteiger partial charge on any atom is -0.469 e. The van der Waals surface area contributed by atoms with Gasteiger partial charge in [0.15, 0.2) is 0 Å². The molecule has 160 valence electrons. The van der Waals surface area contributed by atoms with Gasteiger partial charge < -0.3 is 19.7 Å². The minimum absolute atomic E-state index is 0.0400. The lowest BCUT2D eigenvalue weighted by Crippen LogP contribution is -2.45. The Morgan fingerprint density at radius 2 is 1.79 bits per heavy atom. The van der Waals surface area contributed by atoms with E-state index in [1.165, 1.54) is 36.3 Å². The molecule has 0 saturated carbocycles. The zero-order valence-electron chi connectivity index (χ0n) is 17.3. The summed E-state index contributed by atoms with van der Waals surface area (Å²) in [7, 11) is 1.25. The molecule has 0 aliphatic carbocycles. The van der Waals surface area contributed by atoms with E-state index in [2.05, 4.69) is 10.1 Å². The van der Waals surface area contributed by atoms with Gasteiger partial charge >= 0.3 is 12.1 Å². The predicted octanol–water partition coefficient (Wildman–Crippen LogP) is 2.40. The molecule has 2 amide bonds. The van der Waals surface area contributed by atoms with Gasteiger partial charge in [0.1, 0.15) is 12.1 Å². The number of rotatable bonds is 8. The van der Waals surface area contributed by atoms with Crippen molar-refractivity contribution in [3.05, 3.63) is 39.9 Å². The number of carbonyl (C=O) groups is 3. The highest BCUT2D eigenvalue weighted by atomic mass is 16.6. The standard InChI is InChI=1S/C19H27N3O7/c1-13(10-17(24)28-5)21(12-14-6-8-15(9-7-14)22(26)27)16(23)11-20-18(25)29-19(2,3)4/h6-9,13H,10-12H2,1-5H3,(H,20,25)/t13-/m1/s1. The van der Waals surface area contributed by atoms with Crippen LogP contribution in [0.2, 0.25) is 0 Å². The van der Waals surface area contributed by atoms with Crippen LogP contribution in [0, 0.1) is 10.1 Å². The number of ether oxygens (including phenoxy) is 2. The Balaban J connectivity index is 2.89. The highest BCUT2D eigenvalue weighted by molar-refractivity contribution is 5.83. The van der Waals surface area contributed by atoms with Crippen molar-refractivity contribution >= 4 is 23.7 Å². The fourth-order valence-electron chi connectivity index (χ4n) is 2.41. The lowest BCUT2D eigenvalue weighted by Gasteiger charge is -2.29. The van der Waals surface area contributed by atoms with Crippen LogP contribution < -0.4 is 5.32 Å². The topological polar surface area (TPSA) is 128 Å². The maximum atomic E-state index is 12.7. The number of non-ortho nitro benzene ring substituents is 1. The van der Waals surface area contributed by atoms with Gasteiger partial charge in [-0.3, -0.25) is 19.7 Å². The van der Waals surface area contributed by atoms with E-state index in [9.17, 15) is 24.5 Å². The second-order valence-corrected chi connectivity index (χ2v) is 7.43. The van der Waals surface area contributed by atoms with Crippen molar-refractivity contribution in [2.45, 2.75) is 52.3 Å². The molecule has 29 heavy (non-hydrogen) atoms. The average Bonchev–Trinajstić information content (AvgIpc) is 2.62. The van der Waals surface area contributed by atoms with E-state index in [1.54, 1.807) is 27.7 Å². The molecular formula is C19H27N3O7. The zero-order valence-corrected chi connectivity index (χ0v) is 17.3. The second kappa shape index (κ2) is 10.4. The molecule has 1 aromatic carbocycles. The van der Waals surface area contributed by atoms with Crippen molar-refractivity contribution in [1.82, 2.24) is 10.2 Å². The van der Waals surface area contributed by atoms with Gasteiger partial charge in [0, 0.05) is 24.7 Å². The first-order valence-electron chi connectivity index (χ1n) is 8.99. The molecule has 0 aliphatic rings. The van der Waals surface area contributed by atoms with Crippen LogP contribution in [-0.4, -0.2) is 53.1 Å². The van der Waals surface area contributed by atoms with Crippen LogP contribution in [-0.2, 0) is 25.6 Å². The highest BCUT2D eigenvalue weighted by Crippen LogP contribution is 2.16. The summed E-state index contributed by atoms with van der Waals surface area (Å²) in [4.78, 5) is 47.8. The lowest BCUT2D eigenvalue weighted by molar-refractivity contribution is -0.384. The number of esters is 1. The van der Waals surface area contributed by atoms with E-state index < -0.39 is 34.5 Å². The van der Waals surface area contributed by atoms with Gasteiger partial charge in [0.25, 0.3) is 5.69 Å². The number of hydrogen-bond acceptors (Lipinski definition) is 7. The summed E-state index contributed by atoms with van der Waals surface area (Å²) in [6.45, 7) is 6.56. The van der Waals surface area contributed by atoms with Crippen LogP contribution >= 0.6 is 0 Å². The molecular weight excluding hydrogens is 382 g/mol. The molecule has 0 aromatic heterocycles. The normalized spacial score (nSPS) is 11.9. The van der Waals surface area contributed by atoms with Gasteiger partial charge in [-0.1, -0.05) is 12.1 Å². The number of nitrogens with zero attached hydrogens (tertiary/aromatic N) is 2. The molecule has 0 aliphatic heterocycles. The summed E-state index contributed by atoms with van der Waals surface area (Å²) in [5.74, 6) is -0.926. The number of methoxy groups -OCH3 is 1. The largest absolute Gasteiger partial charge is 0.469 e. The number of hydrogen-bond donors (Lipinski definition) is 1. The van der Waals surface area contributed by atoms with Gasteiger partial charge in [-0.2, -0.15) is 0 Å². The van der Waals surface area contributed by atoms with E-state index >= 15 is 0 Å². The SMILES string of the molecule is COC(=O)C[C@@H](C)N(Cc1ccc([N+](=O)[O-])cc1)C(=O)CNC(=O)OC(C)(C)C. The zero-order chi connectivity index (χ0) is 22.2. The number of amides is 2. The van der Waals surface area contributed by atoms with Gasteiger partial charge in [-0.05, 0) is 33.3 Å². The Bertz CT molecular complexity index is 741.